The molecule has 1 atom stereocenters. The summed E-state index contributed by atoms with van der Waals surface area (Å²) in [6, 6.07) is 4.94. The molecule has 1 rings (SSSR count). The Hall–Kier alpha value is -2.24. The second-order valence-electron chi connectivity index (χ2n) is 6.87. The number of ether oxygens (including phenoxy) is 1. The molecular formula is C19H33N5O5S. The number of hydrogen-bond acceptors (Lipinski definition) is 6. The van der Waals surface area contributed by atoms with Gasteiger partial charge in [0.25, 0.3) is 5.69 Å². The van der Waals surface area contributed by atoms with Crippen LogP contribution in [0.3, 0.4) is 0 Å². The molecule has 11 heteroatoms. The number of nitro benzene ring substituents is 1. The molecule has 0 aliphatic heterocycles. The van der Waals surface area contributed by atoms with Crippen molar-refractivity contribution in [2.45, 2.75) is 45.1 Å². The topological polar surface area (TPSA) is 135 Å². The van der Waals surface area contributed by atoms with E-state index in [-0.39, 0.29) is 23.2 Å². The van der Waals surface area contributed by atoms with Gasteiger partial charge in [-0.15, -0.1) is 0 Å². The van der Waals surface area contributed by atoms with Gasteiger partial charge in [-0.1, -0.05) is 19.9 Å². The Kier molecular flexibility index (Phi) is 11.3. The highest BCUT2D eigenvalue weighted by Crippen LogP contribution is 2.16. The summed E-state index contributed by atoms with van der Waals surface area (Å²) in [5, 5.41) is 17.0. The maximum Gasteiger partial charge on any atom is 0.270 e. The predicted octanol–water partition coefficient (Wildman–Crippen LogP) is 1.88. The molecule has 1 unspecified atom stereocenters. The Balaban J connectivity index is 2.57. The third-order valence-corrected chi connectivity index (χ3v) is 5.66. The minimum absolute atomic E-state index is 0.100. The van der Waals surface area contributed by atoms with Crippen molar-refractivity contribution in [3.63, 3.8) is 0 Å². The predicted molar refractivity (Wildman–Crippen MR) is 117 cm³/mol. The summed E-state index contributed by atoms with van der Waals surface area (Å²) in [7, 11) is -3.84. The third kappa shape index (κ3) is 9.06. The second kappa shape index (κ2) is 13.1. The molecule has 0 spiro atoms. The van der Waals surface area contributed by atoms with Gasteiger partial charge in [0, 0.05) is 44.9 Å². The maximum atomic E-state index is 12.3. The van der Waals surface area contributed by atoms with Gasteiger partial charge < -0.3 is 15.4 Å². The maximum absolute atomic E-state index is 12.3. The number of benzene rings is 1. The fourth-order valence-electron chi connectivity index (χ4n) is 2.68. The van der Waals surface area contributed by atoms with Crippen molar-refractivity contribution >= 4 is 21.7 Å². The van der Waals surface area contributed by atoms with E-state index in [9.17, 15) is 18.5 Å². The zero-order chi connectivity index (χ0) is 22.6. The van der Waals surface area contributed by atoms with Crippen LogP contribution in [0.25, 0.3) is 0 Å². The Labute approximate surface area is 178 Å². The van der Waals surface area contributed by atoms with Crippen molar-refractivity contribution < 1.29 is 18.1 Å². The van der Waals surface area contributed by atoms with E-state index in [2.05, 4.69) is 34.2 Å². The average molecular weight is 444 g/mol. The zero-order valence-electron chi connectivity index (χ0n) is 18.1. The van der Waals surface area contributed by atoms with Crippen molar-refractivity contribution in [1.29, 1.82) is 0 Å². The van der Waals surface area contributed by atoms with E-state index in [0.717, 1.165) is 12.5 Å². The van der Waals surface area contributed by atoms with Crippen molar-refractivity contribution in [2.24, 2.45) is 10.9 Å². The number of nitro groups is 1. The first kappa shape index (κ1) is 25.8. The van der Waals surface area contributed by atoms with Crippen LogP contribution in [0.1, 0.15) is 34.1 Å². The van der Waals surface area contributed by atoms with Gasteiger partial charge in [0.15, 0.2) is 5.96 Å². The van der Waals surface area contributed by atoms with E-state index >= 15 is 0 Å². The van der Waals surface area contributed by atoms with Crippen LogP contribution in [0.15, 0.2) is 34.2 Å². The lowest BCUT2D eigenvalue weighted by Crippen LogP contribution is -2.41. The minimum Gasteiger partial charge on any atom is -0.378 e. The first-order valence-corrected chi connectivity index (χ1v) is 11.6. The molecule has 0 aliphatic rings. The third-order valence-electron chi connectivity index (χ3n) is 4.20. The highest BCUT2D eigenvalue weighted by molar-refractivity contribution is 7.89. The van der Waals surface area contributed by atoms with Crippen LogP contribution >= 0.6 is 0 Å². The molecule has 1 aromatic rings. The lowest BCUT2D eigenvalue weighted by atomic mass is 10.0. The van der Waals surface area contributed by atoms with Gasteiger partial charge in [-0.3, -0.25) is 15.1 Å². The van der Waals surface area contributed by atoms with E-state index in [0.29, 0.717) is 38.1 Å². The standard InChI is InChI=1S/C19H33N5O5S/c1-5-20-19(21-11-10-18(15(3)4)29-6-2)22-12-13-23-30(27,28)17-9-7-8-16(14-17)24(25)26/h7-9,14-15,18,23H,5-6,10-13H2,1-4H3,(H2,20,21,22). The molecule has 0 heterocycles. The molecule has 10 nitrogen and oxygen atoms in total. The van der Waals surface area contributed by atoms with Gasteiger partial charge in [0.1, 0.15) is 0 Å². The molecule has 1 aromatic carbocycles. The van der Waals surface area contributed by atoms with E-state index in [4.69, 9.17) is 4.74 Å². The fraction of sp³-hybridized carbons (Fsp3) is 0.632. The normalized spacial score (nSPS) is 13.3. The molecule has 170 valence electrons. The summed E-state index contributed by atoms with van der Waals surface area (Å²) in [5.74, 6) is 0.991. The molecule has 3 N–H and O–H groups in total. The van der Waals surface area contributed by atoms with Gasteiger partial charge >= 0.3 is 0 Å². The van der Waals surface area contributed by atoms with Crippen LogP contribution in [0.4, 0.5) is 5.69 Å². The molecule has 0 bridgehead atoms. The van der Waals surface area contributed by atoms with Crippen molar-refractivity contribution in [3.05, 3.63) is 34.4 Å². The van der Waals surface area contributed by atoms with E-state index in [1.807, 2.05) is 13.8 Å². The first-order valence-electron chi connectivity index (χ1n) is 10.1. The van der Waals surface area contributed by atoms with Crippen molar-refractivity contribution in [2.75, 3.05) is 32.8 Å². The van der Waals surface area contributed by atoms with Crippen LogP contribution in [-0.4, -0.2) is 58.2 Å². The summed E-state index contributed by atoms with van der Waals surface area (Å²) in [4.78, 5) is 14.6. The lowest BCUT2D eigenvalue weighted by Gasteiger charge is -2.20. The fourth-order valence-corrected chi connectivity index (χ4v) is 3.75. The highest BCUT2D eigenvalue weighted by atomic mass is 32.2. The van der Waals surface area contributed by atoms with Crippen molar-refractivity contribution in [3.8, 4) is 0 Å². The molecule has 0 aromatic heterocycles. The first-order chi connectivity index (χ1) is 14.2. The Morgan fingerprint density at radius 2 is 1.97 bits per heavy atom. The van der Waals surface area contributed by atoms with Gasteiger partial charge in [-0.25, -0.2) is 13.1 Å². The van der Waals surface area contributed by atoms with Crippen LogP contribution in [0.5, 0.6) is 0 Å². The molecule has 0 amide bonds. The summed E-state index contributed by atoms with van der Waals surface area (Å²) in [6.45, 7) is 10.5. The SMILES string of the molecule is CCNC(=NCCC(OCC)C(C)C)NCCNS(=O)(=O)c1cccc([N+](=O)[O-])c1. The molecule has 30 heavy (non-hydrogen) atoms. The number of aliphatic imine (C=N–C) groups is 1. The average Bonchev–Trinajstić information content (AvgIpc) is 2.70. The van der Waals surface area contributed by atoms with E-state index in [1.54, 1.807) is 0 Å². The summed E-state index contributed by atoms with van der Waals surface area (Å²) >= 11 is 0. The number of non-ortho nitro benzene ring substituents is 1. The van der Waals surface area contributed by atoms with Gasteiger partial charge in [0.2, 0.25) is 10.0 Å². The van der Waals surface area contributed by atoms with Crippen molar-refractivity contribution in [1.82, 2.24) is 15.4 Å². The Morgan fingerprint density at radius 3 is 2.57 bits per heavy atom. The molecule has 0 radical (unpaired) electrons. The molecule has 0 fully saturated rings. The molecular weight excluding hydrogens is 410 g/mol. The van der Waals surface area contributed by atoms with Crippen LogP contribution in [0.2, 0.25) is 0 Å². The second-order valence-corrected chi connectivity index (χ2v) is 8.63. The molecule has 0 saturated carbocycles. The highest BCUT2D eigenvalue weighted by Gasteiger charge is 2.17. The number of sulfonamides is 1. The van der Waals surface area contributed by atoms with Crippen LogP contribution in [0, 0.1) is 16.0 Å². The number of nitrogens with zero attached hydrogens (tertiary/aromatic N) is 2. The lowest BCUT2D eigenvalue weighted by molar-refractivity contribution is -0.385. The van der Waals surface area contributed by atoms with Gasteiger partial charge in [-0.2, -0.15) is 0 Å². The molecule has 0 saturated heterocycles. The van der Waals surface area contributed by atoms with E-state index < -0.39 is 14.9 Å². The van der Waals surface area contributed by atoms with Crippen LogP contribution < -0.4 is 15.4 Å². The quantitative estimate of drug-likeness (QED) is 0.139. The number of nitrogens with one attached hydrogen (secondary N) is 3. The summed E-state index contributed by atoms with van der Waals surface area (Å²) in [6.07, 6.45) is 0.935. The molecule has 0 aliphatic carbocycles. The number of hydrogen-bond donors (Lipinski definition) is 3. The largest absolute Gasteiger partial charge is 0.378 e. The van der Waals surface area contributed by atoms with Gasteiger partial charge in [0.05, 0.1) is 15.9 Å². The van der Waals surface area contributed by atoms with E-state index in [1.165, 1.54) is 18.2 Å². The number of guanidine groups is 1. The summed E-state index contributed by atoms with van der Waals surface area (Å²) < 4.78 is 32.8. The monoisotopic (exact) mass is 443 g/mol. The minimum atomic E-state index is -3.84. The zero-order valence-corrected chi connectivity index (χ0v) is 18.9. The van der Waals surface area contributed by atoms with Gasteiger partial charge in [-0.05, 0) is 32.3 Å². The Morgan fingerprint density at radius 1 is 1.23 bits per heavy atom. The Bertz CT molecular complexity index is 798. The smallest absolute Gasteiger partial charge is 0.270 e. The summed E-state index contributed by atoms with van der Waals surface area (Å²) in [5.41, 5.74) is -0.274. The number of rotatable bonds is 13. The van der Waals surface area contributed by atoms with Crippen LogP contribution in [-0.2, 0) is 14.8 Å².